The lowest BCUT2D eigenvalue weighted by Gasteiger charge is -2.29. The van der Waals surface area contributed by atoms with Crippen molar-refractivity contribution in [3.05, 3.63) is 58.5 Å². The molecule has 198 valence electrons. The number of aliphatic hydroxyl groups is 2. The number of ketones is 2. The smallest absolute Gasteiger partial charge is 0.251 e. The van der Waals surface area contributed by atoms with Gasteiger partial charge >= 0.3 is 0 Å². The average molecular weight is 503 g/mol. The molecule has 0 saturated carbocycles. The number of aliphatic hydroxyl groups excluding tert-OH is 2. The maximum atomic E-state index is 13.1. The molecule has 2 bridgehead atoms. The number of ether oxygens (including phenoxy) is 2. The van der Waals surface area contributed by atoms with Gasteiger partial charge in [-0.25, -0.2) is 0 Å². The Labute approximate surface area is 212 Å². The second kappa shape index (κ2) is 12.9. The van der Waals surface area contributed by atoms with Crippen LogP contribution in [0.25, 0.3) is 0 Å². The number of carbonyl (C=O) groups excluding carboxylic acids is 3. The summed E-state index contributed by atoms with van der Waals surface area (Å²) < 4.78 is 11.0. The van der Waals surface area contributed by atoms with E-state index >= 15 is 0 Å². The van der Waals surface area contributed by atoms with Gasteiger partial charge in [-0.15, -0.1) is 0 Å². The predicted octanol–water partition coefficient (Wildman–Crippen LogP) is 1.62. The van der Waals surface area contributed by atoms with Crippen molar-refractivity contribution in [2.24, 2.45) is 17.6 Å². The Morgan fingerprint density at radius 3 is 2.36 bits per heavy atom. The van der Waals surface area contributed by atoms with Crippen LogP contribution in [-0.4, -0.2) is 66.3 Å². The van der Waals surface area contributed by atoms with E-state index in [0.29, 0.717) is 12.0 Å². The average Bonchev–Trinajstić information content (AvgIpc) is 2.84. The minimum Gasteiger partial charge on any atom is -0.395 e. The number of amides is 1. The summed E-state index contributed by atoms with van der Waals surface area (Å²) in [4.78, 5) is 38.2. The Bertz CT molecular complexity index is 1020. The summed E-state index contributed by atoms with van der Waals surface area (Å²) in [5.41, 5.74) is 6.69. The third-order valence-corrected chi connectivity index (χ3v) is 6.62. The number of Topliss-reactive ketones (excluding diaryl/α,β-unsaturated/α-hetero) is 1. The van der Waals surface area contributed by atoms with E-state index < -0.39 is 41.9 Å². The number of hydrogen-bond donors (Lipinski definition) is 4. The second-order valence-corrected chi connectivity index (χ2v) is 9.56. The van der Waals surface area contributed by atoms with Crippen molar-refractivity contribution < 1.29 is 34.1 Å². The van der Waals surface area contributed by atoms with Gasteiger partial charge in [-0.1, -0.05) is 38.2 Å². The van der Waals surface area contributed by atoms with E-state index in [0.717, 1.165) is 6.08 Å². The summed E-state index contributed by atoms with van der Waals surface area (Å²) in [7, 11) is 2.95. The number of methoxy groups -OCH3 is 2. The van der Waals surface area contributed by atoms with Crippen molar-refractivity contribution in [2.45, 2.75) is 65.0 Å². The molecule has 1 unspecified atom stereocenters. The van der Waals surface area contributed by atoms with Gasteiger partial charge in [-0.05, 0) is 38.2 Å². The van der Waals surface area contributed by atoms with Gasteiger partial charge in [0.05, 0.1) is 23.6 Å². The summed E-state index contributed by atoms with van der Waals surface area (Å²) in [6.07, 6.45) is 4.89. The quantitative estimate of drug-likeness (QED) is 0.329. The van der Waals surface area contributed by atoms with Gasteiger partial charge in [0.2, 0.25) is 11.6 Å². The van der Waals surface area contributed by atoms with E-state index in [1.165, 1.54) is 20.3 Å². The van der Waals surface area contributed by atoms with Crippen molar-refractivity contribution in [3.63, 3.8) is 0 Å². The number of nitrogens with two attached hydrogens (primary N) is 1. The second-order valence-electron chi connectivity index (χ2n) is 9.56. The van der Waals surface area contributed by atoms with Gasteiger partial charge in [-0.2, -0.15) is 0 Å². The van der Waals surface area contributed by atoms with Gasteiger partial charge in [0.25, 0.3) is 5.91 Å². The number of nitrogens with one attached hydrogen (secondary N) is 1. The van der Waals surface area contributed by atoms with Crippen LogP contribution in [-0.2, 0) is 23.9 Å². The topological polar surface area (TPSA) is 148 Å². The molecule has 1 aliphatic carbocycles. The Balaban J connectivity index is 2.50. The molecule has 0 fully saturated rings. The molecule has 5 N–H and O–H groups in total. The fourth-order valence-electron chi connectivity index (χ4n) is 4.34. The zero-order valence-corrected chi connectivity index (χ0v) is 21.8. The third kappa shape index (κ3) is 7.10. The fraction of sp³-hybridized carbons (Fsp3) is 0.519. The van der Waals surface area contributed by atoms with Crippen molar-refractivity contribution in [1.82, 2.24) is 5.32 Å². The molecule has 2 aliphatic rings. The summed E-state index contributed by atoms with van der Waals surface area (Å²) in [5, 5.41) is 24.3. The van der Waals surface area contributed by atoms with Crippen LogP contribution >= 0.6 is 0 Å². The lowest BCUT2D eigenvalue weighted by molar-refractivity contribution is -0.120. The van der Waals surface area contributed by atoms with Crippen LogP contribution in [0.4, 0.5) is 0 Å². The summed E-state index contributed by atoms with van der Waals surface area (Å²) in [6, 6.07) is 0. The molecule has 0 aromatic rings. The zero-order chi connectivity index (χ0) is 27.2. The molecule has 0 aromatic heterocycles. The first-order valence-corrected chi connectivity index (χ1v) is 12.0. The van der Waals surface area contributed by atoms with Gasteiger partial charge in [0.15, 0.2) is 0 Å². The summed E-state index contributed by atoms with van der Waals surface area (Å²) in [5.74, 6) is -2.16. The highest BCUT2D eigenvalue weighted by atomic mass is 16.5. The van der Waals surface area contributed by atoms with Crippen molar-refractivity contribution >= 4 is 17.5 Å². The van der Waals surface area contributed by atoms with Crippen LogP contribution in [0.1, 0.15) is 40.5 Å². The van der Waals surface area contributed by atoms with E-state index in [2.05, 4.69) is 5.32 Å². The van der Waals surface area contributed by atoms with E-state index in [1.807, 2.05) is 13.8 Å². The van der Waals surface area contributed by atoms with Crippen LogP contribution in [0.2, 0.25) is 0 Å². The summed E-state index contributed by atoms with van der Waals surface area (Å²) in [6.45, 7) is 7.00. The molecule has 1 heterocycles. The molecular formula is C27H38N2O7. The minimum atomic E-state index is -0.978. The van der Waals surface area contributed by atoms with Gasteiger partial charge < -0.3 is 30.7 Å². The van der Waals surface area contributed by atoms with Crippen molar-refractivity contribution in [2.75, 3.05) is 14.2 Å². The zero-order valence-electron chi connectivity index (χ0n) is 21.8. The Morgan fingerprint density at radius 1 is 1.08 bits per heavy atom. The van der Waals surface area contributed by atoms with Gasteiger partial charge in [0, 0.05) is 37.4 Å². The molecule has 0 spiro atoms. The van der Waals surface area contributed by atoms with Crippen LogP contribution in [0, 0.1) is 11.8 Å². The largest absolute Gasteiger partial charge is 0.395 e. The molecule has 1 aliphatic heterocycles. The van der Waals surface area contributed by atoms with E-state index in [1.54, 1.807) is 32.1 Å². The first-order valence-electron chi connectivity index (χ1n) is 12.0. The van der Waals surface area contributed by atoms with Gasteiger partial charge in [-0.3, -0.25) is 14.4 Å². The van der Waals surface area contributed by atoms with Crippen molar-refractivity contribution in [1.29, 1.82) is 0 Å². The van der Waals surface area contributed by atoms with E-state index in [4.69, 9.17) is 15.2 Å². The highest BCUT2D eigenvalue weighted by Crippen LogP contribution is 2.27. The standard InChI is InChI=1S/C27H38N2O7/c1-14-10-18-23(28)20(30)13-19(26(18)33)29-27(34)15(2)8-7-9-21(35-5)24(31)16(3)12-17(4)25(32)22(11-14)36-6/h7-9,12-14,17,21-22,24-25,31-32H,10-11,28H2,1-6H3,(H,29,34)/b9-7-,15-8+,16-12+/t14-,17+,21?,22+,24+,25-/m1/s1. The van der Waals surface area contributed by atoms with Crippen LogP contribution in [0.3, 0.4) is 0 Å². The molecule has 2 rings (SSSR count). The number of hydrogen-bond acceptors (Lipinski definition) is 8. The van der Waals surface area contributed by atoms with Crippen LogP contribution < -0.4 is 11.1 Å². The minimum absolute atomic E-state index is 0.129. The van der Waals surface area contributed by atoms with Crippen LogP contribution in [0.15, 0.2) is 58.5 Å². The third-order valence-electron chi connectivity index (χ3n) is 6.62. The normalized spacial score (nSPS) is 35.3. The lowest BCUT2D eigenvalue weighted by Crippen LogP contribution is -2.36. The first kappa shape index (κ1) is 29.4. The van der Waals surface area contributed by atoms with E-state index in [-0.39, 0.29) is 40.8 Å². The Hall–Kier alpha value is -2.85. The van der Waals surface area contributed by atoms with Crippen LogP contribution in [0.5, 0.6) is 0 Å². The molecule has 0 radical (unpaired) electrons. The molecule has 36 heavy (non-hydrogen) atoms. The maximum absolute atomic E-state index is 13.1. The molecule has 1 amide bonds. The first-order chi connectivity index (χ1) is 16.9. The molecule has 9 nitrogen and oxygen atoms in total. The van der Waals surface area contributed by atoms with E-state index in [9.17, 15) is 24.6 Å². The number of carbonyl (C=O) groups is 3. The maximum Gasteiger partial charge on any atom is 0.251 e. The molecule has 0 aromatic carbocycles. The lowest BCUT2D eigenvalue weighted by atomic mass is 9.85. The SMILES string of the molecule is COC1/C=C\C=C(/C)C(=O)NC2=CC(=O)C(N)=C(C[C@@H](C)C[C@H](OC)[C@H](O)[C@@H](C)/C=C(\C)[C@@H]1O)C2=O. The number of allylic oxidation sites excluding steroid dienone is 4. The molecule has 9 heteroatoms. The predicted molar refractivity (Wildman–Crippen MR) is 135 cm³/mol. The molecule has 0 saturated heterocycles. The Kier molecular flexibility index (Phi) is 10.5. The molecular weight excluding hydrogens is 464 g/mol. The van der Waals surface area contributed by atoms with Gasteiger partial charge in [0.1, 0.15) is 12.2 Å². The molecule has 6 atom stereocenters. The number of rotatable bonds is 2. The number of fused-ring (bicyclic) bond motifs is 2. The fourth-order valence-corrected chi connectivity index (χ4v) is 4.34. The summed E-state index contributed by atoms with van der Waals surface area (Å²) >= 11 is 0. The monoisotopic (exact) mass is 502 g/mol. The van der Waals surface area contributed by atoms with Crippen molar-refractivity contribution in [3.8, 4) is 0 Å². The highest BCUT2D eigenvalue weighted by Gasteiger charge is 2.32. The highest BCUT2D eigenvalue weighted by molar-refractivity contribution is 6.23. The Morgan fingerprint density at radius 2 is 1.75 bits per heavy atom.